The van der Waals surface area contributed by atoms with Crippen LogP contribution in [-0.2, 0) is 0 Å². The molecule has 4 rings (SSSR count). The zero-order valence-electron chi connectivity index (χ0n) is 19.6. The van der Waals surface area contributed by atoms with Crippen LogP contribution in [0.2, 0.25) is 0 Å². The number of methoxy groups -OCH3 is 2. The number of benzene rings is 3. The van der Waals surface area contributed by atoms with E-state index in [9.17, 15) is 4.79 Å². The van der Waals surface area contributed by atoms with Crippen LogP contribution in [-0.4, -0.2) is 57.2 Å². The summed E-state index contributed by atoms with van der Waals surface area (Å²) in [6.45, 7) is 1.12. The summed E-state index contributed by atoms with van der Waals surface area (Å²) in [5, 5.41) is 0.569. The Labute approximate surface area is 203 Å². The van der Waals surface area contributed by atoms with Crippen molar-refractivity contribution in [1.82, 2.24) is 9.88 Å². The van der Waals surface area contributed by atoms with Crippen LogP contribution in [0.15, 0.2) is 66.7 Å². The number of para-hydroxylation sites is 2. The number of hydrogen-bond acceptors (Lipinski definition) is 7. The molecule has 0 saturated heterocycles. The maximum atomic E-state index is 13.9. The van der Waals surface area contributed by atoms with Crippen molar-refractivity contribution in [3.05, 3.63) is 72.3 Å². The Hall–Kier alpha value is -3.62. The van der Waals surface area contributed by atoms with Gasteiger partial charge in [0, 0.05) is 13.1 Å². The number of rotatable bonds is 9. The van der Waals surface area contributed by atoms with Crippen molar-refractivity contribution in [3.8, 4) is 23.0 Å². The van der Waals surface area contributed by atoms with E-state index in [1.165, 1.54) is 11.3 Å². The molecule has 0 aliphatic rings. The van der Waals surface area contributed by atoms with Gasteiger partial charge in [-0.2, -0.15) is 0 Å². The molecule has 0 unspecified atom stereocenters. The largest absolute Gasteiger partial charge is 0.495 e. The first-order valence-corrected chi connectivity index (χ1v) is 11.6. The number of aromatic nitrogens is 1. The monoisotopic (exact) mass is 477 g/mol. The molecule has 0 N–H and O–H groups in total. The first kappa shape index (κ1) is 23.5. The van der Waals surface area contributed by atoms with E-state index in [0.29, 0.717) is 52.3 Å². The van der Waals surface area contributed by atoms with Crippen molar-refractivity contribution < 1.29 is 19.0 Å². The second kappa shape index (κ2) is 10.5. The van der Waals surface area contributed by atoms with Crippen molar-refractivity contribution >= 4 is 32.6 Å². The molecular formula is C26H27N3O4S. The molecule has 176 valence electrons. The van der Waals surface area contributed by atoms with Gasteiger partial charge in [-0.05, 0) is 50.5 Å². The third kappa shape index (κ3) is 4.98. The molecule has 0 spiro atoms. The van der Waals surface area contributed by atoms with Crippen molar-refractivity contribution in [2.75, 3.05) is 46.3 Å². The van der Waals surface area contributed by atoms with Gasteiger partial charge in [-0.3, -0.25) is 9.69 Å². The minimum Gasteiger partial charge on any atom is -0.495 e. The molecule has 0 aliphatic heterocycles. The molecule has 34 heavy (non-hydrogen) atoms. The number of hydrogen-bond donors (Lipinski definition) is 0. The normalized spacial score (nSPS) is 11.0. The van der Waals surface area contributed by atoms with Gasteiger partial charge >= 0.3 is 0 Å². The van der Waals surface area contributed by atoms with Gasteiger partial charge in [-0.1, -0.05) is 41.7 Å². The van der Waals surface area contributed by atoms with Gasteiger partial charge in [-0.15, -0.1) is 0 Å². The lowest BCUT2D eigenvalue weighted by Gasteiger charge is -2.23. The summed E-state index contributed by atoms with van der Waals surface area (Å²) >= 11 is 1.40. The molecule has 3 aromatic carbocycles. The standard InChI is InChI=1S/C26H27N3O4S/c1-28(2)16-17-29(26-27-23-21(31-3)14-15-22(32-4)24(23)34-26)25(30)19-12-8-9-13-20(19)33-18-10-6-5-7-11-18/h5-15H,16-17H2,1-4H3. The minimum absolute atomic E-state index is 0.189. The Kier molecular flexibility index (Phi) is 7.30. The lowest BCUT2D eigenvalue weighted by Crippen LogP contribution is -2.36. The van der Waals surface area contributed by atoms with Crippen LogP contribution in [0.5, 0.6) is 23.0 Å². The zero-order chi connectivity index (χ0) is 24.1. The summed E-state index contributed by atoms with van der Waals surface area (Å²) in [6.07, 6.45) is 0. The molecule has 4 aromatic rings. The highest BCUT2D eigenvalue weighted by Gasteiger charge is 2.26. The number of thiazole rings is 1. The molecule has 0 saturated carbocycles. The van der Waals surface area contributed by atoms with Crippen molar-refractivity contribution in [3.63, 3.8) is 0 Å². The first-order valence-electron chi connectivity index (χ1n) is 10.8. The molecule has 8 heteroatoms. The van der Waals surface area contributed by atoms with E-state index in [1.807, 2.05) is 73.6 Å². The Morgan fingerprint density at radius 3 is 2.24 bits per heavy atom. The van der Waals surface area contributed by atoms with Gasteiger partial charge in [0.25, 0.3) is 5.91 Å². The maximum absolute atomic E-state index is 13.9. The van der Waals surface area contributed by atoms with Gasteiger partial charge in [-0.25, -0.2) is 4.98 Å². The van der Waals surface area contributed by atoms with Gasteiger partial charge < -0.3 is 19.1 Å². The smallest absolute Gasteiger partial charge is 0.263 e. The Morgan fingerprint density at radius 1 is 0.853 bits per heavy atom. The highest BCUT2D eigenvalue weighted by atomic mass is 32.1. The van der Waals surface area contributed by atoms with E-state index in [4.69, 9.17) is 19.2 Å². The quantitative estimate of drug-likeness (QED) is 0.325. The number of nitrogens with zero attached hydrogens (tertiary/aromatic N) is 3. The summed E-state index contributed by atoms with van der Waals surface area (Å²) in [6, 6.07) is 20.4. The van der Waals surface area contributed by atoms with Crippen molar-refractivity contribution in [1.29, 1.82) is 0 Å². The average Bonchev–Trinajstić information content (AvgIpc) is 3.29. The molecular weight excluding hydrogens is 450 g/mol. The molecule has 0 atom stereocenters. The molecule has 1 aromatic heterocycles. The molecule has 7 nitrogen and oxygen atoms in total. The van der Waals surface area contributed by atoms with Crippen LogP contribution in [0.25, 0.3) is 10.2 Å². The Bertz CT molecular complexity index is 1230. The van der Waals surface area contributed by atoms with E-state index in [0.717, 1.165) is 4.70 Å². The second-order valence-electron chi connectivity index (χ2n) is 7.82. The topological polar surface area (TPSA) is 64.1 Å². The molecule has 0 fully saturated rings. The number of carbonyl (C=O) groups is 1. The molecule has 1 heterocycles. The SMILES string of the molecule is COc1ccc(OC)c2sc(N(CCN(C)C)C(=O)c3ccccc3Oc3ccccc3)nc12. The summed E-state index contributed by atoms with van der Waals surface area (Å²) in [4.78, 5) is 22.4. The minimum atomic E-state index is -0.189. The summed E-state index contributed by atoms with van der Waals surface area (Å²) in [7, 11) is 7.16. The zero-order valence-corrected chi connectivity index (χ0v) is 20.5. The predicted octanol–water partition coefficient (Wildman–Crippen LogP) is 5.31. The van der Waals surface area contributed by atoms with Crippen LogP contribution >= 0.6 is 11.3 Å². The summed E-state index contributed by atoms with van der Waals surface area (Å²) in [5.74, 6) is 2.28. The number of fused-ring (bicyclic) bond motifs is 1. The highest BCUT2D eigenvalue weighted by molar-refractivity contribution is 7.22. The Balaban J connectivity index is 1.76. The molecule has 1 amide bonds. The van der Waals surface area contributed by atoms with Crippen LogP contribution in [0.1, 0.15) is 10.4 Å². The fraction of sp³-hybridized carbons (Fsp3) is 0.231. The second-order valence-corrected chi connectivity index (χ2v) is 8.79. The van der Waals surface area contributed by atoms with Gasteiger partial charge in [0.2, 0.25) is 0 Å². The third-order valence-corrected chi connectivity index (χ3v) is 6.33. The number of amides is 1. The molecule has 0 bridgehead atoms. The van der Waals surface area contributed by atoms with E-state index >= 15 is 0 Å². The van der Waals surface area contributed by atoms with E-state index in [1.54, 1.807) is 31.3 Å². The first-order chi connectivity index (χ1) is 16.5. The Morgan fingerprint density at radius 2 is 1.53 bits per heavy atom. The van der Waals surface area contributed by atoms with Crippen LogP contribution in [0.4, 0.5) is 5.13 Å². The fourth-order valence-corrected chi connectivity index (χ4v) is 4.57. The number of anilines is 1. The van der Waals surface area contributed by atoms with Crippen LogP contribution < -0.4 is 19.1 Å². The number of likely N-dealkylation sites (N-methyl/N-ethyl adjacent to an activating group) is 1. The number of carbonyl (C=O) groups excluding carboxylic acids is 1. The van der Waals surface area contributed by atoms with E-state index in [2.05, 4.69) is 0 Å². The lowest BCUT2D eigenvalue weighted by atomic mass is 10.1. The van der Waals surface area contributed by atoms with Crippen molar-refractivity contribution in [2.45, 2.75) is 0 Å². The number of ether oxygens (including phenoxy) is 3. The van der Waals surface area contributed by atoms with E-state index in [-0.39, 0.29) is 5.91 Å². The van der Waals surface area contributed by atoms with Gasteiger partial charge in [0.05, 0.1) is 19.8 Å². The highest BCUT2D eigenvalue weighted by Crippen LogP contribution is 2.40. The van der Waals surface area contributed by atoms with E-state index < -0.39 is 0 Å². The van der Waals surface area contributed by atoms with Gasteiger partial charge in [0.1, 0.15) is 33.2 Å². The van der Waals surface area contributed by atoms with Crippen LogP contribution in [0.3, 0.4) is 0 Å². The summed E-state index contributed by atoms with van der Waals surface area (Å²) in [5.41, 5.74) is 1.13. The fourth-order valence-electron chi connectivity index (χ4n) is 3.47. The molecule has 0 radical (unpaired) electrons. The van der Waals surface area contributed by atoms with Crippen LogP contribution in [0, 0.1) is 0 Å². The summed E-state index contributed by atoms with van der Waals surface area (Å²) < 4.78 is 17.9. The lowest BCUT2D eigenvalue weighted by molar-refractivity contribution is 0.0983. The molecule has 0 aliphatic carbocycles. The third-order valence-electron chi connectivity index (χ3n) is 5.23. The van der Waals surface area contributed by atoms with Gasteiger partial charge in [0.15, 0.2) is 5.13 Å². The maximum Gasteiger partial charge on any atom is 0.263 e. The average molecular weight is 478 g/mol. The van der Waals surface area contributed by atoms with Crippen molar-refractivity contribution in [2.24, 2.45) is 0 Å². The predicted molar refractivity (Wildman–Crippen MR) is 136 cm³/mol.